The van der Waals surface area contributed by atoms with Crippen LogP contribution in [0.15, 0.2) is 16.7 Å². The van der Waals surface area contributed by atoms with Gasteiger partial charge in [-0.1, -0.05) is 26.7 Å². The Morgan fingerprint density at radius 2 is 2.20 bits per heavy atom. The summed E-state index contributed by atoms with van der Waals surface area (Å²) in [4.78, 5) is 0. The molecule has 2 atom stereocenters. The van der Waals surface area contributed by atoms with Crippen LogP contribution in [-0.2, 0) is 0 Å². The number of nitrogens with one attached hydrogen (secondary N) is 1. The van der Waals surface area contributed by atoms with E-state index in [4.69, 9.17) is 4.42 Å². The lowest BCUT2D eigenvalue weighted by atomic mass is 9.95. The molecule has 0 saturated heterocycles. The van der Waals surface area contributed by atoms with Crippen LogP contribution in [0.5, 0.6) is 0 Å². The molecular weight excluding hydrogens is 186 g/mol. The Morgan fingerprint density at radius 3 is 2.67 bits per heavy atom. The summed E-state index contributed by atoms with van der Waals surface area (Å²) >= 11 is 0. The molecule has 0 spiro atoms. The minimum absolute atomic E-state index is 0.363. The quantitative estimate of drug-likeness (QED) is 0.773. The highest BCUT2D eigenvalue weighted by molar-refractivity contribution is 5.18. The zero-order valence-electron chi connectivity index (χ0n) is 10.3. The molecule has 1 N–H and O–H groups in total. The number of hydrogen-bond acceptors (Lipinski definition) is 2. The SMILES string of the molecule is CCCC(C)CC(NC)c1occc1C. The van der Waals surface area contributed by atoms with Crippen molar-refractivity contribution in [2.24, 2.45) is 5.92 Å². The molecule has 0 aliphatic carbocycles. The van der Waals surface area contributed by atoms with Gasteiger partial charge in [-0.3, -0.25) is 0 Å². The van der Waals surface area contributed by atoms with Crippen molar-refractivity contribution in [3.8, 4) is 0 Å². The van der Waals surface area contributed by atoms with E-state index in [2.05, 4.69) is 26.1 Å². The van der Waals surface area contributed by atoms with Crippen LogP contribution >= 0.6 is 0 Å². The molecule has 0 aliphatic rings. The minimum atomic E-state index is 0.363. The lowest BCUT2D eigenvalue weighted by molar-refractivity contribution is 0.353. The summed E-state index contributed by atoms with van der Waals surface area (Å²) in [5.74, 6) is 1.84. The monoisotopic (exact) mass is 209 g/mol. The fourth-order valence-electron chi connectivity index (χ4n) is 2.11. The van der Waals surface area contributed by atoms with Crippen molar-refractivity contribution in [1.29, 1.82) is 0 Å². The second kappa shape index (κ2) is 5.96. The van der Waals surface area contributed by atoms with Crippen molar-refractivity contribution < 1.29 is 4.42 Å². The summed E-state index contributed by atoms with van der Waals surface area (Å²) in [6.07, 6.45) is 5.48. The highest BCUT2D eigenvalue weighted by Gasteiger charge is 2.17. The Kier molecular flexibility index (Phi) is 4.89. The van der Waals surface area contributed by atoms with E-state index in [9.17, 15) is 0 Å². The molecule has 1 rings (SSSR count). The maximum absolute atomic E-state index is 5.53. The summed E-state index contributed by atoms with van der Waals surface area (Å²) in [5, 5.41) is 3.34. The minimum Gasteiger partial charge on any atom is -0.467 e. The lowest BCUT2D eigenvalue weighted by Gasteiger charge is -2.19. The summed E-state index contributed by atoms with van der Waals surface area (Å²) in [7, 11) is 2.01. The van der Waals surface area contributed by atoms with Gasteiger partial charge in [0.2, 0.25) is 0 Å². The molecule has 0 bridgehead atoms. The third-order valence-electron chi connectivity index (χ3n) is 2.99. The maximum Gasteiger partial charge on any atom is 0.123 e. The molecule has 0 saturated carbocycles. The molecular formula is C13H23NO. The first-order valence-corrected chi connectivity index (χ1v) is 5.90. The molecule has 0 aromatic carbocycles. The Hall–Kier alpha value is -0.760. The Balaban J connectivity index is 2.60. The van der Waals surface area contributed by atoms with Crippen LogP contribution in [-0.4, -0.2) is 7.05 Å². The molecule has 86 valence electrons. The Morgan fingerprint density at radius 1 is 1.47 bits per heavy atom. The molecule has 0 fully saturated rings. The van der Waals surface area contributed by atoms with Gasteiger partial charge >= 0.3 is 0 Å². The Labute approximate surface area is 93.1 Å². The van der Waals surface area contributed by atoms with Gasteiger partial charge in [0.1, 0.15) is 5.76 Å². The number of furan rings is 1. The van der Waals surface area contributed by atoms with E-state index in [-0.39, 0.29) is 0 Å². The summed E-state index contributed by atoms with van der Waals surface area (Å²) < 4.78 is 5.53. The average molecular weight is 209 g/mol. The highest BCUT2D eigenvalue weighted by Crippen LogP contribution is 2.26. The molecule has 1 heterocycles. The fourth-order valence-corrected chi connectivity index (χ4v) is 2.11. The topological polar surface area (TPSA) is 25.2 Å². The third kappa shape index (κ3) is 3.38. The predicted molar refractivity (Wildman–Crippen MR) is 63.9 cm³/mol. The number of rotatable bonds is 6. The van der Waals surface area contributed by atoms with Gasteiger partial charge in [-0.05, 0) is 37.9 Å². The van der Waals surface area contributed by atoms with Gasteiger partial charge in [0, 0.05) is 0 Å². The van der Waals surface area contributed by atoms with Crippen LogP contribution in [0.3, 0.4) is 0 Å². The van der Waals surface area contributed by atoms with Crippen LogP contribution < -0.4 is 5.32 Å². The molecule has 2 unspecified atom stereocenters. The van der Waals surface area contributed by atoms with Crippen LogP contribution in [0, 0.1) is 12.8 Å². The molecule has 2 heteroatoms. The van der Waals surface area contributed by atoms with E-state index >= 15 is 0 Å². The molecule has 1 aromatic heterocycles. The summed E-state index contributed by atoms with van der Waals surface area (Å²) in [6, 6.07) is 2.39. The Bertz CT molecular complexity index is 280. The van der Waals surface area contributed by atoms with Crippen molar-refractivity contribution in [2.45, 2.75) is 46.1 Å². The lowest BCUT2D eigenvalue weighted by Crippen LogP contribution is -2.19. The zero-order valence-corrected chi connectivity index (χ0v) is 10.3. The van der Waals surface area contributed by atoms with Crippen molar-refractivity contribution in [3.05, 3.63) is 23.7 Å². The van der Waals surface area contributed by atoms with Crippen molar-refractivity contribution in [2.75, 3.05) is 7.05 Å². The summed E-state index contributed by atoms with van der Waals surface area (Å²) in [6.45, 7) is 6.66. The van der Waals surface area contributed by atoms with Gasteiger partial charge < -0.3 is 9.73 Å². The first-order valence-electron chi connectivity index (χ1n) is 5.90. The maximum atomic E-state index is 5.53. The molecule has 0 aliphatic heterocycles. The number of aryl methyl sites for hydroxylation is 1. The van der Waals surface area contributed by atoms with Crippen molar-refractivity contribution in [1.82, 2.24) is 5.32 Å². The third-order valence-corrected chi connectivity index (χ3v) is 2.99. The standard InChI is InChI=1S/C13H23NO/c1-5-6-10(2)9-12(14-4)13-11(3)7-8-15-13/h7-8,10,12,14H,5-6,9H2,1-4H3. The van der Waals surface area contributed by atoms with Crippen LogP contribution in [0.25, 0.3) is 0 Å². The van der Waals surface area contributed by atoms with Gasteiger partial charge in [-0.15, -0.1) is 0 Å². The smallest absolute Gasteiger partial charge is 0.123 e. The van der Waals surface area contributed by atoms with Crippen LogP contribution in [0.1, 0.15) is 50.5 Å². The second-order valence-corrected chi connectivity index (χ2v) is 4.44. The van der Waals surface area contributed by atoms with E-state index in [1.807, 2.05) is 13.1 Å². The zero-order chi connectivity index (χ0) is 11.3. The van der Waals surface area contributed by atoms with E-state index in [0.717, 1.165) is 18.1 Å². The van der Waals surface area contributed by atoms with Crippen molar-refractivity contribution >= 4 is 0 Å². The van der Waals surface area contributed by atoms with Gasteiger partial charge in [0.15, 0.2) is 0 Å². The predicted octanol–water partition coefficient (Wildman–Crippen LogP) is 3.67. The van der Waals surface area contributed by atoms with Crippen LogP contribution in [0.2, 0.25) is 0 Å². The molecule has 0 radical (unpaired) electrons. The first kappa shape index (κ1) is 12.3. The van der Waals surface area contributed by atoms with E-state index in [1.54, 1.807) is 6.26 Å². The van der Waals surface area contributed by atoms with Gasteiger partial charge in [0.25, 0.3) is 0 Å². The van der Waals surface area contributed by atoms with E-state index in [0.29, 0.717) is 6.04 Å². The molecule has 1 aromatic rings. The fraction of sp³-hybridized carbons (Fsp3) is 0.692. The van der Waals surface area contributed by atoms with E-state index < -0.39 is 0 Å². The largest absolute Gasteiger partial charge is 0.467 e. The molecule has 0 amide bonds. The summed E-state index contributed by atoms with van der Waals surface area (Å²) in [5.41, 5.74) is 1.25. The van der Waals surface area contributed by atoms with Crippen molar-refractivity contribution in [3.63, 3.8) is 0 Å². The van der Waals surface area contributed by atoms with E-state index in [1.165, 1.54) is 18.4 Å². The normalized spacial score (nSPS) is 15.2. The molecule has 2 nitrogen and oxygen atoms in total. The molecule has 15 heavy (non-hydrogen) atoms. The highest BCUT2D eigenvalue weighted by atomic mass is 16.3. The van der Waals surface area contributed by atoms with Crippen LogP contribution in [0.4, 0.5) is 0 Å². The first-order chi connectivity index (χ1) is 7.19. The van der Waals surface area contributed by atoms with Gasteiger partial charge in [0.05, 0.1) is 12.3 Å². The van der Waals surface area contributed by atoms with Gasteiger partial charge in [-0.25, -0.2) is 0 Å². The second-order valence-electron chi connectivity index (χ2n) is 4.44. The average Bonchev–Trinajstić information content (AvgIpc) is 2.61. The number of hydrogen-bond donors (Lipinski definition) is 1. The van der Waals surface area contributed by atoms with Gasteiger partial charge in [-0.2, -0.15) is 0 Å².